The molecule has 3 aromatic rings. The molecule has 1 aliphatic rings. The topological polar surface area (TPSA) is 86.3 Å². The molecule has 3 heterocycles. The average molecular weight is 432 g/mol. The van der Waals surface area contributed by atoms with E-state index in [0.717, 1.165) is 39.7 Å². The predicted molar refractivity (Wildman–Crippen MR) is 108 cm³/mol. The molecule has 0 aliphatic carbocycles. The highest BCUT2D eigenvalue weighted by Gasteiger charge is 2.27. The van der Waals surface area contributed by atoms with Crippen molar-refractivity contribution in [3.63, 3.8) is 0 Å². The largest absolute Gasteiger partial charge is 0.444 e. The van der Waals surface area contributed by atoms with E-state index in [1.807, 2.05) is 39.0 Å². The summed E-state index contributed by atoms with van der Waals surface area (Å²) >= 11 is 3.49. The van der Waals surface area contributed by atoms with E-state index in [2.05, 4.69) is 25.5 Å². The van der Waals surface area contributed by atoms with Gasteiger partial charge in [0.2, 0.25) is 0 Å². The van der Waals surface area contributed by atoms with Crippen molar-refractivity contribution in [2.75, 3.05) is 12.3 Å². The van der Waals surface area contributed by atoms with Crippen LogP contribution in [-0.4, -0.2) is 37.7 Å². The molecule has 27 heavy (non-hydrogen) atoms. The quantitative estimate of drug-likeness (QED) is 0.579. The Morgan fingerprint density at radius 3 is 2.78 bits per heavy atom. The summed E-state index contributed by atoms with van der Waals surface area (Å²) in [7, 11) is 0. The Labute approximate surface area is 165 Å². The summed E-state index contributed by atoms with van der Waals surface area (Å²) in [5.41, 5.74) is 8.16. The number of aryl methyl sites for hydroxylation is 1. The van der Waals surface area contributed by atoms with E-state index in [1.54, 1.807) is 4.90 Å². The van der Waals surface area contributed by atoms with Crippen LogP contribution in [0.1, 0.15) is 33.0 Å². The van der Waals surface area contributed by atoms with Crippen molar-refractivity contribution < 1.29 is 9.53 Å². The van der Waals surface area contributed by atoms with E-state index >= 15 is 0 Å². The lowest BCUT2D eigenvalue weighted by Gasteiger charge is -2.25. The van der Waals surface area contributed by atoms with E-state index in [9.17, 15) is 4.79 Å². The summed E-state index contributed by atoms with van der Waals surface area (Å²) in [4.78, 5) is 23.5. The van der Waals surface area contributed by atoms with Gasteiger partial charge >= 0.3 is 6.09 Å². The molecule has 1 amide bonds. The molecule has 2 N–H and O–H groups in total. The molecule has 1 aliphatic heterocycles. The van der Waals surface area contributed by atoms with Crippen LogP contribution >= 0.6 is 15.9 Å². The molecule has 0 radical (unpaired) electrons. The van der Waals surface area contributed by atoms with Crippen molar-refractivity contribution in [3.05, 3.63) is 28.5 Å². The maximum Gasteiger partial charge on any atom is 0.410 e. The first-order valence-corrected chi connectivity index (χ1v) is 9.74. The second kappa shape index (κ2) is 6.37. The Bertz CT molecular complexity index is 1050. The maximum absolute atomic E-state index is 12.5. The molecule has 142 valence electrons. The second-order valence-corrected chi connectivity index (χ2v) is 8.71. The monoisotopic (exact) mass is 431 g/mol. The molecule has 0 saturated heterocycles. The van der Waals surface area contributed by atoms with Crippen LogP contribution in [0.15, 0.2) is 22.7 Å². The summed E-state index contributed by atoms with van der Waals surface area (Å²) in [5, 5.41) is 1.01. The Hall–Kier alpha value is -2.35. The third-order valence-corrected chi connectivity index (χ3v) is 5.03. The Morgan fingerprint density at radius 1 is 1.26 bits per heavy atom. The number of halogens is 1. The number of nitrogens with zero attached hydrogens (tertiary/aromatic N) is 4. The number of anilines is 1. The summed E-state index contributed by atoms with van der Waals surface area (Å²) in [5.74, 6) is 1.21. The van der Waals surface area contributed by atoms with E-state index in [4.69, 9.17) is 15.5 Å². The first-order chi connectivity index (χ1) is 12.7. The normalized spacial score (nSPS) is 15.0. The van der Waals surface area contributed by atoms with Crippen molar-refractivity contribution >= 4 is 49.8 Å². The minimum Gasteiger partial charge on any atom is -0.444 e. The number of carbonyl (C=O) groups is 1. The van der Waals surface area contributed by atoms with Gasteiger partial charge in [0.05, 0.1) is 17.6 Å². The minimum absolute atomic E-state index is 0.317. The number of nitrogen functional groups attached to an aromatic ring is 1. The molecule has 1 aromatic carbocycles. The van der Waals surface area contributed by atoms with Crippen molar-refractivity contribution in [2.24, 2.45) is 0 Å². The highest BCUT2D eigenvalue weighted by molar-refractivity contribution is 9.10. The van der Waals surface area contributed by atoms with Crippen LogP contribution in [0.5, 0.6) is 0 Å². The number of benzene rings is 1. The van der Waals surface area contributed by atoms with Crippen LogP contribution in [0.25, 0.3) is 21.9 Å². The smallest absolute Gasteiger partial charge is 0.410 e. The van der Waals surface area contributed by atoms with Crippen LogP contribution in [0.2, 0.25) is 0 Å². The summed E-state index contributed by atoms with van der Waals surface area (Å²) in [6.07, 6.45) is 0.501. The van der Waals surface area contributed by atoms with Crippen LogP contribution in [0, 0.1) is 0 Å². The van der Waals surface area contributed by atoms with Crippen molar-refractivity contribution in [2.45, 2.75) is 45.9 Å². The van der Waals surface area contributed by atoms with E-state index in [-0.39, 0.29) is 6.09 Å². The number of imidazole rings is 1. The standard InChI is InChI=1S/C19H22BrN5O2/c1-19(2,3)27-18(26)24-7-4-8-25-14(10-24)23-15-16(25)12-6-5-11(20)9-13(12)22-17(15)21/h5-6,9H,4,7-8,10H2,1-3H3,(H2,21,22). The SMILES string of the molecule is CC(C)(C)OC(=O)N1CCCn2c(nc3c(N)nc4cc(Br)ccc4c32)C1. The van der Waals surface area contributed by atoms with E-state index in [0.29, 0.717) is 24.4 Å². The molecule has 0 spiro atoms. The van der Waals surface area contributed by atoms with Gasteiger partial charge in [-0.15, -0.1) is 0 Å². The van der Waals surface area contributed by atoms with Crippen LogP contribution in [0.3, 0.4) is 0 Å². The summed E-state index contributed by atoms with van der Waals surface area (Å²) in [6.45, 7) is 7.39. The number of ether oxygens (including phenoxy) is 1. The summed E-state index contributed by atoms with van der Waals surface area (Å²) < 4.78 is 8.65. The average Bonchev–Trinajstić information content (AvgIpc) is 2.78. The predicted octanol–water partition coefficient (Wildman–Crippen LogP) is 4.07. The molecule has 0 unspecified atom stereocenters. The molecule has 8 heteroatoms. The van der Waals surface area contributed by atoms with Gasteiger partial charge in [0.15, 0.2) is 5.82 Å². The van der Waals surface area contributed by atoms with Gasteiger partial charge in [0.1, 0.15) is 16.9 Å². The number of aromatic nitrogens is 3. The molecular formula is C19H22BrN5O2. The Morgan fingerprint density at radius 2 is 2.04 bits per heavy atom. The first kappa shape index (κ1) is 18.0. The van der Waals surface area contributed by atoms with Gasteiger partial charge in [-0.1, -0.05) is 15.9 Å². The lowest BCUT2D eigenvalue weighted by Crippen LogP contribution is -2.36. The highest BCUT2D eigenvalue weighted by Crippen LogP contribution is 2.32. The lowest BCUT2D eigenvalue weighted by atomic mass is 10.2. The second-order valence-electron chi connectivity index (χ2n) is 7.79. The molecule has 0 bridgehead atoms. The lowest BCUT2D eigenvalue weighted by molar-refractivity contribution is 0.0234. The van der Waals surface area contributed by atoms with Crippen molar-refractivity contribution in [1.82, 2.24) is 19.4 Å². The summed E-state index contributed by atoms with van der Waals surface area (Å²) in [6, 6.07) is 5.97. The van der Waals surface area contributed by atoms with Crippen LogP contribution in [0.4, 0.5) is 10.6 Å². The zero-order valence-corrected chi connectivity index (χ0v) is 17.2. The van der Waals surface area contributed by atoms with Gasteiger partial charge in [-0.25, -0.2) is 14.8 Å². The van der Waals surface area contributed by atoms with Crippen LogP contribution < -0.4 is 5.73 Å². The van der Waals surface area contributed by atoms with E-state index < -0.39 is 5.60 Å². The van der Waals surface area contributed by atoms with Crippen molar-refractivity contribution in [1.29, 1.82) is 0 Å². The van der Waals surface area contributed by atoms with Crippen molar-refractivity contribution in [3.8, 4) is 0 Å². The molecule has 0 fully saturated rings. The van der Waals surface area contributed by atoms with Gasteiger partial charge in [-0.3, -0.25) is 0 Å². The molecule has 2 aromatic heterocycles. The van der Waals surface area contributed by atoms with E-state index in [1.165, 1.54) is 0 Å². The van der Waals surface area contributed by atoms with Gasteiger partial charge < -0.3 is 19.9 Å². The third-order valence-electron chi connectivity index (χ3n) is 4.54. The number of hydrogen-bond donors (Lipinski definition) is 1. The van der Waals surface area contributed by atoms with Gasteiger partial charge in [-0.05, 0) is 45.4 Å². The zero-order chi connectivity index (χ0) is 19.3. The van der Waals surface area contributed by atoms with Gasteiger partial charge in [0, 0.05) is 22.9 Å². The third kappa shape index (κ3) is 3.34. The number of fused-ring (bicyclic) bond motifs is 5. The number of hydrogen-bond acceptors (Lipinski definition) is 5. The minimum atomic E-state index is -0.526. The molecular weight excluding hydrogens is 410 g/mol. The molecule has 7 nitrogen and oxygen atoms in total. The molecule has 4 rings (SSSR count). The zero-order valence-electron chi connectivity index (χ0n) is 15.6. The first-order valence-electron chi connectivity index (χ1n) is 8.95. The maximum atomic E-state index is 12.5. The number of rotatable bonds is 0. The van der Waals surface area contributed by atoms with Gasteiger partial charge in [0.25, 0.3) is 0 Å². The number of amides is 1. The molecule has 0 saturated carbocycles. The fraction of sp³-hybridized carbons (Fsp3) is 0.421. The van der Waals surface area contributed by atoms with Gasteiger partial charge in [-0.2, -0.15) is 0 Å². The number of nitrogens with two attached hydrogens (primary N) is 1. The fourth-order valence-corrected chi connectivity index (χ4v) is 3.79. The highest BCUT2D eigenvalue weighted by atomic mass is 79.9. The van der Waals surface area contributed by atoms with Crippen LogP contribution in [-0.2, 0) is 17.8 Å². The Kier molecular flexibility index (Phi) is 4.25. The Balaban J connectivity index is 1.81. The number of pyridine rings is 1. The fourth-order valence-electron chi connectivity index (χ4n) is 3.44. The molecule has 0 atom stereocenters. The number of carbonyl (C=O) groups excluding carboxylic acids is 1.